The van der Waals surface area contributed by atoms with Crippen molar-refractivity contribution >= 4 is 0 Å². The zero-order valence-electron chi connectivity index (χ0n) is 9.56. The van der Waals surface area contributed by atoms with Gasteiger partial charge in [-0.05, 0) is 18.9 Å². The van der Waals surface area contributed by atoms with Crippen molar-refractivity contribution in [3.05, 3.63) is 23.9 Å². The SMILES string of the molecule is C[C@@H](N)c1ccc(OCC2CCOC2)nc1. The van der Waals surface area contributed by atoms with Crippen LogP contribution in [-0.4, -0.2) is 24.8 Å². The summed E-state index contributed by atoms with van der Waals surface area (Å²) in [6, 6.07) is 3.84. The Morgan fingerprint density at radius 1 is 1.62 bits per heavy atom. The summed E-state index contributed by atoms with van der Waals surface area (Å²) in [4.78, 5) is 4.22. The zero-order valence-corrected chi connectivity index (χ0v) is 9.56. The molecule has 2 N–H and O–H groups in total. The van der Waals surface area contributed by atoms with Crippen LogP contribution in [-0.2, 0) is 4.74 Å². The van der Waals surface area contributed by atoms with Gasteiger partial charge < -0.3 is 15.2 Å². The van der Waals surface area contributed by atoms with Gasteiger partial charge in [0.1, 0.15) is 0 Å². The average molecular weight is 222 g/mol. The highest BCUT2D eigenvalue weighted by atomic mass is 16.5. The highest BCUT2D eigenvalue weighted by Gasteiger charge is 2.16. The lowest BCUT2D eigenvalue weighted by atomic mass is 10.1. The molecule has 0 bridgehead atoms. The van der Waals surface area contributed by atoms with Gasteiger partial charge in [-0.3, -0.25) is 0 Å². The first kappa shape index (κ1) is 11.4. The third-order valence-corrected chi connectivity index (χ3v) is 2.78. The van der Waals surface area contributed by atoms with Crippen LogP contribution in [0.1, 0.15) is 24.9 Å². The minimum atomic E-state index is 0.0183. The molecule has 1 fully saturated rings. The second-order valence-electron chi connectivity index (χ2n) is 4.26. The molecule has 1 saturated heterocycles. The molecule has 1 aromatic rings. The van der Waals surface area contributed by atoms with E-state index >= 15 is 0 Å². The molecule has 1 aromatic heterocycles. The molecule has 0 radical (unpaired) electrons. The van der Waals surface area contributed by atoms with Crippen molar-refractivity contribution in [2.45, 2.75) is 19.4 Å². The maximum atomic E-state index is 5.74. The van der Waals surface area contributed by atoms with Crippen molar-refractivity contribution in [3.8, 4) is 5.88 Å². The molecular formula is C12H18N2O2. The van der Waals surface area contributed by atoms with Crippen LogP contribution in [0.15, 0.2) is 18.3 Å². The largest absolute Gasteiger partial charge is 0.477 e. The molecule has 1 unspecified atom stereocenters. The fourth-order valence-corrected chi connectivity index (χ4v) is 1.66. The molecule has 0 aliphatic carbocycles. The predicted molar refractivity (Wildman–Crippen MR) is 61.3 cm³/mol. The molecule has 4 heteroatoms. The number of hydrogen-bond donors (Lipinski definition) is 1. The van der Waals surface area contributed by atoms with Crippen LogP contribution in [0.2, 0.25) is 0 Å². The lowest BCUT2D eigenvalue weighted by molar-refractivity contribution is 0.165. The molecule has 2 rings (SSSR count). The van der Waals surface area contributed by atoms with Gasteiger partial charge in [-0.2, -0.15) is 0 Å². The van der Waals surface area contributed by atoms with E-state index in [1.54, 1.807) is 6.20 Å². The van der Waals surface area contributed by atoms with Crippen molar-refractivity contribution < 1.29 is 9.47 Å². The van der Waals surface area contributed by atoms with E-state index in [2.05, 4.69) is 4.98 Å². The third kappa shape index (κ3) is 2.93. The fourth-order valence-electron chi connectivity index (χ4n) is 1.66. The number of ether oxygens (including phenoxy) is 2. The highest BCUT2D eigenvalue weighted by Crippen LogP contribution is 2.16. The second-order valence-corrected chi connectivity index (χ2v) is 4.26. The predicted octanol–water partition coefficient (Wildman–Crippen LogP) is 1.52. The Morgan fingerprint density at radius 2 is 2.50 bits per heavy atom. The average Bonchev–Trinajstić information content (AvgIpc) is 2.80. The van der Waals surface area contributed by atoms with E-state index in [0.717, 1.165) is 25.2 Å². The van der Waals surface area contributed by atoms with Gasteiger partial charge in [0.15, 0.2) is 0 Å². The van der Waals surface area contributed by atoms with Gasteiger partial charge in [0.25, 0.3) is 0 Å². The summed E-state index contributed by atoms with van der Waals surface area (Å²) in [6.45, 7) is 4.28. The van der Waals surface area contributed by atoms with Crippen LogP contribution in [0.3, 0.4) is 0 Å². The molecule has 0 saturated carbocycles. The van der Waals surface area contributed by atoms with Crippen molar-refractivity contribution in [3.63, 3.8) is 0 Å². The standard InChI is InChI=1S/C12H18N2O2/c1-9(13)11-2-3-12(14-6-11)16-8-10-4-5-15-7-10/h2-3,6,9-10H,4-5,7-8,13H2,1H3/t9-,10?/m1/s1. The molecule has 2 atom stereocenters. The minimum absolute atomic E-state index is 0.0183. The van der Waals surface area contributed by atoms with Crippen LogP contribution < -0.4 is 10.5 Å². The Labute approximate surface area is 95.8 Å². The van der Waals surface area contributed by atoms with Crippen LogP contribution in [0.5, 0.6) is 5.88 Å². The van der Waals surface area contributed by atoms with Gasteiger partial charge in [-0.15, -0.1) is 0 Å². The molecule has 0 spiro atoms. The van der Waals surface area contributed by atoms with Crippen molar-refractivity contribution in [1.82, 2.24) is 4.98 Å². The zero-order chi connectivity index (χ0) is 11.4. The molecule has 88 valence electrons. The van der Waals surface area contributed by atoms with Gasteiger partial charge in [0.2, 0.25) is 5.88 Å². The van der Waals surface area contributed by atoms with Crippen molar-refractivity contribution in [2.24, 2.45) is 11.7 Å². The summed E-state index contributed by atoms with van der Waals surface area (Å²) >= 11 is 0. The topological polar surface area (TPSA) is 57.4 Å². The van der Waals surface area contributed by atoms with E-state index in [1.165, 1.54) is 0 Å². The van der Waals surface area contributed by atoms with Gasteiger partial charge in [-0.1, -0.05) is 6.07 Å². The monoisotopic (exact) mass is 222 g/mol. The molecule has 4 nitrogen and oxygen atoms in total. The summed E-state index contributed by atoms with van der Waals surface area (Å²) in [5, 5.41) is 0. The number of nitrogens with two attached hydrogens (primary N) is 1. The highest BCUT2D eigenvalue weighted by molar-refractivity contribution is 5.19. The van der Waals surface area contributed by atoms with Crippen molar-refractivity contribution in [2.75, 3.05) is 19.8 Å². The molecule has 16 heavy (non-hydrogen) atoms. The Kier molecular flexibility index (Phi) is 3.74. The van der Waals surface area contributed by atoms with Gasteiger partial charge >= 0.3 is 0 Å². The van der Waals surface area contributed by atoms with E-state index in [1.807, 2.05) is 19.1 Å². The lowest BCUT2D eigenvalue weighted by Crippen LogP contribution is -2.12. The second kappa shape index (κ2) is 5.27. The van der Waals surface area contributed by atoms with Gasteiger partial charge in [-0.25, -0.2) is 4.98 Å². The van der Waals surface area contributed by atoms with Gasteiger partial charge in [0, 0.05) is 30.8 Å². The van der Waals surface area contributed by atoms with E-state index < -0.39 is 0 Å². The molecule has 0 amide bonds. The quantitative estimate of drug-likeness (QED) is 0.839. The Morgan fingerprint density at radius 3 is 3.06 bits per heavy atom. The van der Waals surface area contributed by atoms with E-state index in [-0.39, 0.29) is 6.04 Å². The number of rotatable bonds is 4. The maximum absolute atomic E-state index is 5.74. The molecule has 2 heterocycles. The smallest absolute Gasteiger partial charge is 0.213 e. The summed E-state index contributed by atoms with van der Waals surface area (Å²) < 4.78 is 10.9. The Bertz CT molecular complexity index is 318. The van der Waals surface area contributed by atoms with E-state index in [4.69, 9.17) is 15.2 Å². The van der Waals surface area contributed by atoms with Crippen LogP contribution in [0, 0.1) is 5.92 Å². The van der Waals surface area contributed by atoms with Crippen molar-refractivity contribution in [1.29, 1.82) is 0 Å². The third-order valence-electron chi connectivity index (χ3n) is 2.78. The normalized spacial score (nSPS) is 22.0. The van der Waals surface area contributed by atoms with E-state index in [9.17, 15) is 0 Å². The molecular weight excluding hydrogens is 204 g/mol. The first-order valence-corrected chi connectivity index (χ1v) is 5.68. The van der Waals surface area contributed by atoms with E-state index in [0.29, 0.717) is 18.4 Å². The number of hydrogen-bond acceptors (Lipinski definition) is 4. The molecule has 0 aromatic carbocycles. The Hall–Kier alpha value is -1.13. The summed E-state index contributed by atoms with van der Waals surface area (Å²) in [5.41, 5.74) is 6.76. The maximum Gasteiger partial charge on any atom is 0.213 e. The summed E-state index contributed by atoms with van der Waals surface area (Å²) in [7, 11) is 0. The number of aromatic nitrogens is 1. The Balaban J connectivity index is 1.84. The van der Waals surface area contributed by atoms with Crippen LogP contribution in [0.4, 0.5) is 0 Å². The summed E-state index contributed by atoms with van der Waals surface area (Å²) in [5.74, 6) is 1.17. The first-order valence-electron chi connectivity index (χ1n) is 5.68. The van der Waals surface area contributed by atoms with Crippen LogP contribution >= 0.6 is 0 Å². The summed E-state index contributed by atoms with van der Waals surface area (Å²) in [6.07, 6.45) is 2.85. The lowest BCUT2D eigenvalue weighted by Gasteiger charge is -2.10. The number of pyridine rings is 1. The van der Waals surface area contributed by atoms with Crippen LogP contribution in [0.25, 0.3) is 0 Å². The first-order chi connectivity index (χ1) is 7.75. The fraction of sp³-hybridized carbons (Fsp3) is 0.583. The molecule has 1 aliphatic heterocycles. The minimum Gasteiger partial charge on any atom is -0.477 e. The van der Waals surface area contributed by atoms with Gasteiger partial charge in [0.05, 0.1) is 13.2 Å². The molecule has 1 aliphatic rings. The number of nitrogens with zero attached hydrogens (tertiary/aromatic N) is 1.